The lowest BCUT2D eigenvalue weighted by Crippen LogP contribution is -2.36. The van der Waals surface area contributed by atoms with Gasteiger partial charge in [0.15, 0.2) is 0 Å². The van der Waals surface area contributed by atoms with E-state index in [1.54, 1.807) is 0 Å². The molecule has 1 aromatic heterocycles. The second-order valence-electron chi connectivity index (χ2n) is 5.25. The topological polar surface area (TPSA) is 71.2 Å². The maximum Gasteiger partial charge on any atom is 0.239 e. The first kappa shape index (κ1) is 13.8. The summed E-state index contributed by atoms with van der Waals surface area (Å²) in [6.45, 7) is 4.70. The monoisotopic (exact) mass is 262 g/mol. The molecular weight excluding hydrogens is 240 g/mol. The summed E-state index contributed by atoms with van der Waals surface area (Å²) in [6.07, 6.45) is 2.22. The van der Waals surface area contributed by atoms with E-state index in [9.17, 15) is 4.79 Å². The smallest absolute Gasteiger partial charge is 0.239 e. The van der Waals surface area contributed by atoms with E-state index < -0.39 is 0 Å². The molecule has 0 bridgehead atoms. The van der Waals surface area contributed by atoms with Gasteiger partial charge in [-0.2, -0.15) is 0 Å². The second kappa shape index (κ2) is 5.57. The Bertz CT molecular complexity index is 483. The van der Waals surface area contributed by atoms with E-state index in [0.717, 1.165) is 35.5 Å². The van der Waals surface area contributed by atoms with Gasteiger partial charge in [0, 0.05) is 42.3 Å². The minimum absolute atomic E-state index is 0.0695. The first-order valence-corrected chi connectivity index (χ1v) is 6.69. The van der Waals surface area contributed by atoms with E-state index in [2.05, 4.69) is 10.3 Å². The molecule has 0 radical (unpaired) electrons. The van der Waals surface area contributed by atoms with Crippen molar-refractivity contribution < 1.29 is 4.79 Å². The number of nitrogens with zero attached hydrogens (tertiary/aromatic N) is 2. The van der Waals surface area contributed by atoms with Crippen LogP contribution in [-0.2, 0) is 11.3 Å². The Morgan fingerprint density at radius 2 is 2.21 bits per heavy atom. The summed E-state index contributed by atoms with van der Waals surface area (Å²) in [6, 6.07) is 2.38. The fraction of sp³-hybridized carbons (Fsp3) is 0.571. The van der Waals surface area contributed by atoms with Crippen molar-refractivity contribution in [3.8, 4) is 0 Å². The summed E-state index contributed by atoms with van der Waals surface area (Å²) in [5.74, 6) is 0.0695. The van der Waals surface area contributed by atoms with Crippen LogP contribution in [0.2, 0.25) is 0 Å². The average molecular weight is 262 g/mol. The van der Waals surface area contributed by atoms with E-state index in [1.165, 1.54) is 0 Å². The van der Waals surface area contributed by atoms with Gasteiger partial charge in [0.1, 0.15) is 0 Å². The number of hydrogen-bond acceptors (Lipinski definition) is 4. The van der Waals surface area contributed by atoms with Crippen molar-refractivity contribution in [3.05, 3.63) is 23.0 Å². The number of carbonyl (C=O) groups excluding carboxylic acids is 1. The Labute approximate surface area is 114 Å². The SMILES string of the molecule is Cc1cc(N(C)CC(=O)NC2CC2)c(CN)c(C)n1. The highest BCUT2D eigenvalue weighted by molar-refractivity contribution is 5.82. The van der Waals surface area contributed by atoms with Gasteiger partial charge in [-0.25, -0.2) is 0 Å². The van der Waals surface area contributed by atoms with Gasteiger partial charge in [0.05, 0.1) is 6.54 Å². The molecule has 0 spiro atoms. The number of anilines is 1. The van der Waals surface area contributed by atoms with Crippen LogP contribution < -0.4 is 16.0 Å². The summed E-state index contributed by atoms with van der Waals surface area (Å²) in [4.78, 5) is 18.2. The largest absolute Gasteiger partial charge is 0.365 e. The lowest BCUT2D eigenvalue weighted by molar-refractivity contribution is -0.119. The van der Waals surface area contributed by atoms with Crippen molar-refractivity contribution in [2.45, 2.75) is 39.3 Å². The number of pyridine rings is 1. The molecule has 1 saturated carbocycles. The van der Waals surface area contributed by atoms with Gasteiger partial charge < -0.3 is 16.0 Å². The summed E-state index contributed by atoms with van der Waals surface area (Å²) in [5.41, 5.74) is 9.68. The van der Waals surface area contributed by atoms with Crippen LogP contribution in [0.15, 0.2) is 6.07 Å². The van der Waals surface area contributed by atoms with Crippen molar-refractivity contribution in [2.75, 3.05) is 18.5 Å². The quantitative estimate of drug-likeness (QED) is 0.826. The molecule has 1 aliphatic rings. The number of likely N-dealkylation sites (N-methyl/N-ethyl adjacent to an activating group) is 1. The van der Waals surface area contributed by atoms with Gasteiger partial charge >= 0.3 is 0 Å². The molecule has 0 aliphatic heterocycles. The van der Waals surface area contributed by atoms with E-state index in [-0.39, 0.29) is 5.91 Å². The average Bonchev–Trinajstić information content (AvgIpc) is 3.11. The Morgan fingerprint density at radius 1 is 1.53 bits per heavy atom. The molecule has 5 nitrogen and oxygen atoms in total. The van der Waals surface area contributed by atoms with Crippen molar-refractivity contribution >= 4 is 11.6 Å². The number of aromatic nitrogens is 1. The van der Waals surface area contributed by atoms with Gasteiger partial charge in [-0.1, -0.05) is 0 Å². The van der Waals surface area contributed by atoms with Crippen molar-refractivity contribution in [3.63, 3.8) is 0 Å². The Kier molecular flexibility index (Phi) is 4.04. The molecule has 5 heteroatoms. The highest BCUT2D eigenvalue weighted by Gasteiger charge is 2.24. The lowest BCUT2D eigenvalue weighted by Gasteiger charge is -2.23. The summed E-state index contributed by atoms with van der Waals surface area (Å²) >= 11 is 0. The number of aryl methyl sites for hydroxylation is 2. The minimum Gasteiger partial charge on any atom is -0.365 e. The number of amides is 1. The van der Waals surface area contributed by atoms with E-state index >= 15 is 0 Å². The van der Waals surface area contributed by atoms with E-state index in [4.69, 9.17) is 5.73 Å². The molecular formula is C14H22N4O. The van der Waals surface area contributed by atoms with E-state index in [1.807, 2.05) is 31.9 Å². The highest BCUT2D eigenvalue weighted by Crippen LogP contribution is 2.23. The number of nitrogens with one attached hydrogen (secondary N) is 1. The molecule has 0 saturated heterocycles. The first-order chi connectivity index (χ1) is 9.01. The molecule has 19 heavy (non-hydrogen) atoms. The number of rotatable bonds is 5. The zero-order valence-corrected chi connectivity index (χ0v) is 11.9. The van der Waals surface area contributed by atoms with Crippen LogP contribution in [0.25, 0.3) is 0 Å². The molecule has 0 aromatic carbocycles. The standard InChI is InChI=1S/C14H22N4O/c1-9-6-13(12(7-15)10(2)16-9)18(3)8-14(19)17-11-4-5-11/h6,11H,4-5,7-8,15H2,1-3H3,(H,17,19). The molecule has 1 fully saturated rings. The van der Waals surface area contributed by atoms with E-state index in [0.29, 0.717) is 19.1 Å². The van der Waals surface area contributed by atoms with Crippen LogP contribution in [-0.4, -0.2) is 30.5 Å². The Hall–Kier alpha value is -1.62. The molecule has 3 N–H and O–H groups in total. The molecule has 1 heterocycles. The number of hydrogen-bond donors (Lipinski definition) is 2. The molecule has 1 amide bonds. The van der Waals surface area contributed by atoms with Gasteiger partial charge in [0.25, 0.3) is 0 Å². The van der Waals surface area contributed by atoms with Crippen LogP contribution in [0, 0.1) is 13.8 Å². The third-order valence-corrected chi connectivity index (χ3v) is 3.37. The number of nitrogens with two attached hydrogens (primary N) is 1. The predicted octanol–water partition coefficient (Wildman–Crippen LogP) is 0.872. The van der Waals surface area contributed by atoms with Gasteiger partial charge in [-0.15, -0.1) is 0 Å². The van der Waals surface area contributed by atoms with Crippen LogP contribution in [0.5, 0.6) is 0 Å². The van der Waals surface area contributed by atoms with Gasteiger partial charge in [0.2, 0.25) is 5.91 Å². The fourth-order valence-corrected chi connectivity index (χ4v) is 2.23. The lowest BCUT2D eigenvalue weighted by atomic mass is 10.1. The van der Waals surface area contributed by atoms with Crippen molar-refractivity contribution in [2.24, 2.45) is 5.73 Å². The zero-order chi connectivity index (χ0) is 14.0. The third kappa shape index (κ3) is 3.44. The Balaban J connectivity index is 2.12. The molecule has 2 rings (SSSR count). The molecule has 0 atom stereocenters. The van der Waals surface area contributed by atoms with Crippen molar-refractivity contribution in [1.29, 1.82) is 0 Å². The van der Waals surface area contributed by atoms with Gasteiger partial charge in [-0.05, 0) is 32.8 Å². The summed E-state index contributed by atoms with van der Waals surface area (Å²) in [5, 5.41) is 2.99. The minimum atomic E-state index is 0.0695. The number of carbonyl (C=O) groups is 1. The third-order valence-electron chi connectivity index (χ3n) is 3.37. The van der Waals surface area contributed by atoms with Crippen LogP contribution in [0.1, 0.15) is 29.8 Å². The fourth-order valence-electron chi connectivity index (χ4n) is 2.23. The molecule has 1 aromatic rings. The molecule has 104 valence electrons. The highest BCUT2D eigenvalue weighted by atomic mass is 16.2. The van der Waals surface area contributed by atoms with Gasteiger partial charge in [-0.3, -0.25) is 9.78 Å². The van der Waals surface area contributed by atoms with Crippen LogP contribution >= 0.6 is 0 Å². The maximum absolute atomic E-state index is 11.8. The zero-order valence-electron chi connectivity index (χ0n) is 11.9. The van der Waals surface area contributed by atoms with Crippen LogP contribution in [0.3, 0.4) is 0 Å². The van der Waals surface area contributed by atoms with Crippen molar-refractivity contribution in [1.82, 2.24) is 10.3 Å². The molecule has 1 aliphatic carbocycles. The van der Waals surface area contributed by atoms with Crippen LogP contribution in [0.4, 0.5) is 5.69 Å². The predicted molar refractivity (Wildman–Crippen MR) is 76.0 cm³/mol. The summed E-state index contributed by atoms with van der Waals surface area (Å²) in [7, 11) is 1.92. The normalized spacial score (nSPS) is 14.3. The first-order valence-electron chi connectivity index (χ1n) is 6.69. The maximum atomic E-state index is 11.8. The Morgan fingerprint density at radius 3 is 2.79 bits per heavy atom. The molecule has 0 unspecified atom stereocenters. The summed E-state index contributed by atoms with van der Waals surface area (Å²) < 4.78 is 0. The second-order valence-corrected chi connectivity index (χ2v) is 5.25.